The molecule has 1 saturated carbocycles. The Morgan fingerprint density at radius 3 is 2.71 bits per heavy atom. The van der Waals surface area contributed by atoms with Gasteiger partial charge in [-0.25, -0.2) is 0 Å². The third kappa shape index (κ3) is 2.78. The zero-order valence-electron chi connectivity index (χ0n) is 9.45. The van der Waals surface area contributed by atoms with Crippen LogP contribution in [0.5, 0.6) is 0 Å². The highest BCUT2D eigenvalue weighted by Crippen LogP contribution is 2.25. The number of alkyl halides is 1. The molecule has 0 bridgehead atoms. The third-order valence-corrected chi connectivity index (χ3v) is 3.34. The maximum atomic E-state index is 11.8. The van der Waals surface area contributed by atoms with E-state index in [1.54, 1.807) is 0 Å². The first kappa shape index (κ1) is 12.0. The van der Waals surface area contributed by atoms with Crippen molar-refractivity contribution < 1.29 is 4.79 Å². The van der Waals surface area contributed by atoms with Crippen LogP contribution >= 0.6 is 11.6 Å². The van der Waals surface area contributed by atoms with Crippen molar-refractivity contribution in [3.63, 3.8) is 0 Å². The van der Waals surface area contributed by atoms with Gasteiger partial charge in [0.05, 0.1) is 5.38 Å². The molecule has 0 amide bonds. The number of hydrogen-bond acceptors (Lipinski definition) is 1. The molecule has 1 aromatic carbocycles. The quantitative estimate of drug-likeness (QED) is 0.420. The summed E-state index contributed by atoms with van der Waals surface area (Å²) in [6, 6.07) is 7.59. The Balaban J connectivity index is 2.23. The van der Waals surface area contributed by atoms with Crippen molar-refractivity contribution in [2.45, 2.75) is 24.6 Å². The predicted octanol–water partition coefficient (Wildman–Crippen LogP) is 3.41. The molecular formula is C15H13ClO. The number of halogens is 1. The van der Waals surface area contributed by atoms with E-state index in [-0.39, 0.29) is 11.2 Å². The topological polar surface area (TPSA) is 17.1 Å². The first-order valence-electron chi connectivity index (χ1n) is 5.66. The molecule has 0 spiro atoms. The molecule has 0 aliphatic heterocycles. The van der Waals surface area contributed by atoms with E-state index < -0.39 is 0 Å². The van der Waals surface area contributed by atoms with Gasteiger partial charge in [-0.15, -0.1) is 18.0 Å². The van der Waals surface area contributed by atoms with Gasteiger partial charge in [0.1, 0.15) is 0 Å². The fourth-order valence-corrected chi connectivity index (χ4v) is 2.24. The van der Waals surface area contributed by atoms with Gasteiger partial charge in [0.2, 0.25) is 0 Å². The highest BCUT2D eigenvalue weighted by Gasteiger charge is 2.23. The van der Waals surface area contributed by atoms with Gasteiger partial charge >= 0.3 is 0 Å². The summed E-state index contributed by atoms with van der Waals surface area (Å²) in [5.41, 5.74) is 2.67. The Kier molecular flexibility index (Phi) is 3.66. The number of Topliss-reactive ketones (excluding diaryl/α,β-unsaturated/α-hetero) is 1. The molecule has 1 aromatic rings. The summed E-state index contributed by atoms with van der Waals surface area (Å²) in [5.74, 6) is 2.63. The van der Waals surface area contributed by atoms with E-state index in [0.717, 1.165) is 36.0 Å². The molecule has 2 rings (SSSR count). The lowest BCUT2D eigenvalue weighted by atomic mass is 9.91. The fourth-order valence-electron chi connectivity index (χ4n) is 1.95. The summed E-state index contributed by atoms with van der Waals surface area (Å²) in [4.78, 5) is 11.8. The second kappa shape index (κ2) is 5.21. The van der Waals surface area contributed by atoms with Crippen molar-refractivity contribution in [1.82, 2.24) is 0 Å². The number of terminal acetylenes is 1. The smallest absolute Gasteiger partial charge is 0.176 e. The molecule has 86 valence electrons. The van der Waals surface area contributed by atoms with Crippen molar-refractivity contribution in [2.75, 3.05) is 0 Å². The zero-order valence-corrected chi connectivity index (χ0v) is 10.2. The minimum atomic E-state index is -0.347. The molecule has 1 unspecified atom stereocenters. The minimum absolute atomic E-state index is 0.0685. The summed E-state index contributed by atoms with van der Waals surface area (Å²) in [6.07, 6.45) is 9.79. The van der Waals surface area contributed by atoms with Crippen LogP contribution in [0.4, 0.5) is 0 Å². The van der Waals surface area contributed by atoms with E-state index in [1.807, 2.05) is 30.3 Å². The van der Waals surface area contributed by atoms with Crippen molar-refractivity contribution in [2.24, 2.45) is 0 Å². The number of rotatable bonds is 1. The first-order valence-corrected chi connectivity index (χ1v) is 6.10. The molecule has 0 aromatic heterocycles. The van der Waals surface area contributed by atoms with Crippen molar-refractivity contribution in [3.8, 4) is 12.3 Å². The number of carbonyl (C=O) groups excluding carboxylic acids is 1. The molecule has 1 fully saturated rings. The monoisotopic (exact) mass is 244 g/mol. The van der Waals surface area contributed by atoms with Crippen LogP contribution in [-0.4, -0.2) is 11.2 Å². The van der Waals surface area contributed by atoms with Crippen molar-refractivity contribution in [1.29, 1.82) is 0 Å². The highest BCUT2D eigenvalue weighted by atomic mass is 35.5. The van der Waals surface area contributed by atoms with Crippen LogP contribution in [0, 0.1) is 12.3 Å². The Bertz CT molecular complexity index is 491. The molecule has 2 heteroatoms. The third-order valence-electron chi connectivity index (χ3n) is 2.92. The van der Waals surface area contributed by atoms with Gasteiger partial charge in [0, 0.05) is 5.56 Å². The van der Waals surface area contributed by atoms with Gasteiger partial charge in [-0.05, 0) is 48.6 Å². The van der Waals surface area contributed by atoms with Crippen LogP contribution in [0.15, 0.2) is 29.8 Å². The summed E-state index contributed by atoms with van der Waals surface area (Å²) >= 11 is 5.96. The second-order valence-corrected chi connectivity index (χ2v) is 4.69. The average Bonchev–Trinajstić information content (AvgIpc) is 2.36. The minimum Gasteiger partial charge on any atom is -0.293 e. The van der Waals surface area contributed by atoms with Crippen molar-refractivity contribution >= 4 is 23.5 Å². The molecule has 17 heavy (non-hydrogen) atoms. The van der Waals surface area contributed by atoms with E-state index in [4.69, 9.17) is 18.0 Å². The average molecular weight is 245 g/mol. The molecule has 0 saturated heterocycles. The summed E-state index contributed by atoms with van der Waals surface area (Å²) < 4.78 is 0. The van der Waals surface area contributed by atoms with Crippen LogP contribution in [0.1, 0.15) is 30.4 Å². The molecule has 0 heterocycles. The van der Waals surface area contributed by atoms with Crippen LogP contribution in [0.25, 0.3) is 6.08 Å². The molecule has 1 aliphatic rings. The van der Waals surface area contributed by atoms with Gasteiger partial charge in [-0.3, -0.25) is 4.79 Å². The van der Waals surface area contributed by atoms with E-state index in [2.05, 4.69) is 5.92 Å². The van der Waals surface area contributed by atoms with Crippen LogP contribution in [0.2, 0.25) is 0 Å². The molecule has 1 atom stereocenters. The standard InChI is InChI=1S/C15H13ClO/c1-2-11-6-8-12(9-7-11)10-13-4-3-5-14(16)15(13)17/h1,6-10,14H,3-5H2. The normalized spacial score (nSPS) is 22.5. The number of benzene rings is 1. The SMILES string of the molecule is C#Cc1ccc(C=C2CCCC(Cl)C2=O)cc1. The summed E-state index contributed by atoms with van der Waals surface area (Å²) in [6.45, 7) is 0. The zero-order chi connectivity index (χ0) is 12.3. The summed E-state index contributed by atoms with van der Waals surface area (Å²) in [7, 11) is 0. The lowest BCUT2D eigenvalue weighted by Gasteiger charge is -2.17. The van der Waals surface area contributed by atoms with E-state index in [0.29, 0.717) is 0 Å². The summed E-state index contributed by atoms with van der Waals surface area (Å²) in [5, 5.41) is -0.347. The van der Waals surface area contributed by atoms with Crippen LogP contribution in [-0.2, 0) is 4.79 Å². The maximum absolute atomic E-state index is 11.8. The Morgan fingerprint density at radius 2 is 2.06 bits per heavy atom. The molecule has 0 radical (unpaired) electrons. The van der Waals surface area contributed by atoms with Gasteiger partial charge < -0.3 is 0 Å². The van der Waals surface area contributed by atoms with Crippen LogP contribution in [0.3, 0.4) is 0 Å². The maximum Gasteiger partial charge on any atom is 0.176 e. The first-order chi connectivity index (χ1) is 8.20. The van der Waals surface area contributed by atoms with E-state index >= 15 is 0 Å². The Labute approximate surface area is 106 Å². The van der Waals surface area contributed by atoms with Gasteiger partial charge in [0.25, 0.3) is 0 Å². The number of allylic oxidation sites excluding steroid dienone is 1. The van der Waals surface area contributed by atoms with Gasteiger partial charge in [0.15, 0.2) is 5.78 Å². The molecule has 0 N–H and O–H groups in total. The van der Waals surface area contributed by atoms with Gasteiger partial charge in [-0.2, -0.15) is 0 Å². The Morgan fingerprint density at radius 1 is 1.35 bits per heavy atom. The molecule has 1 nitrogen and oxygen atoms in total. The van der Waals surface area contributed by atoms with E-state index in [1.165, 1.54) is 0 Å². The number of ketones is 1. The lowest BCUT2D eigenvalue weighted by molar-refractivity contribution is -0.116. The lowest BCUT2D eigenvalue weighted by Crippen LogP contribution is -2.21. The fraction of sp³-hybridized carbons (Fsp3) is 0.267. The highest BCUT2D eigenvalue weighted by molar-refractivity contribution is 6.34. The molecule has 1 aliphatic carbocycles. The number of carbonyl (C=O) groups is 1. The van der Waals surface area contributed by atoms with Gasteiger partial charge in [-0.1, -0.05) is 18.1 Å². The Hall–Kier alpha value is -1.52. The number of hydrogen-bond donors (Lipinski definition) is 0. The second-order valence-electron chi connectivity index (χ2n) is 4.16. The van der Waals surface area contributed by atoms with Crippen LogP contribution < -0.4 is 0 Å². The van der Waals surface area contributed by atoms with E-state index in [9.17, 15) is 4.79 Å². The van der Waals surface area contributed by atoms with Crippen molar-refractivity contribution in [3.05, 3.63) is 41.0 Å². The largest absolute Gasteiger partial charge is 0.293 e. The predicted molar refractivity (Wildman–Crippen MR) is 70.9 cm³/mol. The molecular weight excluding hydrogens is 232 g/mol.